The second-order valence-corrected chi connectivity index (χ2v) is 17.5. The fraction of sp³-hybridized carbons (Fsp3) is 0.276. The lowest BCUT2D eigenvalue weighted by atomic mass is 10.0. The first kappa shape index (κ1) is 48.9. The molecule has 0 saturated heterocycles. The third-order valence-corrected chi connectivity index (χ3v) is 12.1. The Morgan fingerprint density at radius 1 is 0.329 bits per heavy atom. The van der Waals surface area contributed by atoms with Gasteiger partial charge in [0.2, 0.25) is 0 Å². The number of benzene rings is 6. The van der Waals surface area contributed by atoms with Crippen LogP contribution in [0.5, 0.6) is 23.0 Å². The van der Waals surface area contributed by atoms with Crippen molar-refractivity contribution in [1.82, 2.24) is 29.9 Å². The van der Waals surface area contributed by atoms with Gasteiger partial charge in [-0.1, -0.05) is 179 Å². The van der Waals surface area contributed by atoms with Gasteiger partial charge in [-0.2, -0.15) is 0 Å². The molecule has 2 aromatic heterocycles. The Kier molecular flexibility index (Phi) is 17.2. The number of aromatic nitrogens is 6. The minimum Gasteiger partial charge on any atom is -0.507 e. The first-order chi connectivity index (χ1) is 34.3. The lowest BCUT2D eigenvalue weighted by Crippen LogP contribution is -2.30. The van der Waals surface area contributed by atoms with Crippen LogP contribution in [0, 0.1) is 0 Å². The summed E-state index contributed by atoms with van der Waals surface area (Å²) in [5.74, 6) is 1.95. The molecule has 0 spiro atoms. The summed E-state index contributed by atoms with van der Waals surface area (Å²) in [5, 5.41) is 43.3. The Labute approximate surface area is 409 Å². The van der Waals surface area contributed by atoms with Gasteiger partial charge in [-0.15, -0.1) is 0 Å². The van der Waals surface area contributed by atoms with E-state index in [4.69, 9.17) is 29.4 Å². The van der Waals surface area contributed by atoms with E-state index in [-0.39, 0.29) is 30.9 Å². The van der Waals surface area contributed by atoms with E-state index >= 15 is 0 Å². The molecule has 0 saturated carbocycles. The van der Waals surface area contributed by atoms with Crippen LogP contribution in [0.3, 0.4) is 0 Å². The van der Waals surface area contributed by atoms with Crippen LogP contribution in [-0.4, -0.2) is 69.3 Å². The van der Waals surface area contributed by atoms with Crippen LogP contribution in [0.25, 0.3) is 68.3 Å². The van der Waals surface area contributed by atoms with Crippen LogP contribution in [0.2, 0.25) is 0 Å². The minimum absolute atomic E-state index is 0.0442. The fourth-order valence-corrected chi connectivity index (χ4v) is 8.19. The normalized spacial score (nSPS) is 11.4. The molecular weight excluding hydrogens is 877 g/mol. The van der Waals surface area contributed by atoms with Crippen molar-refractivity contribution < 1.29 is 29.9 Å². The Bertz CT molecular complexity index is 2760. The maximum Gasteiger partial charge on any atom is 0.167 e. The Morgan fingerprint density at radius 2 is 0.643 bits per heavy atom. The average Bonchev–Trinajstić information content (AvgIpc) is 3.39. The summed E-state index contributed by atoms with van der Waals surface area (Å²) in [6.45, 7) is 0.656. The van der Waals surface area contributed by atoms with E-state index in [1.165, 1.54) is 31.7 Å². The molecule has 12 heteroatoms. The van der Waals surface area contributed by atoms with Crippen LogP contribution in [-0.2, 0) is 0 Å². The number of aromatic hydroxyl groups is 2. The molecule has 0 aliphatic rings. The SMILES string of the molecule is Oc1cc(OCCCCCCCCCCCCCC(O)(O)CCOc2ccc(-c3nc(-c4ccccc4)nc(-c4ccccc4)n3)c(O)c2)ccc1-c1nc(-c2ccccc2)nc(-c2ccccc2)n1. The van der Waals surface area contributed by atoms with Gasteiger partial charge < -0.3 is 29.9 Å². The molecule has 0 amide bonds. The average molecular weight is 937 g/mol. The third kappa shape index (κ3) is 14.0. The van der Waals surface area contributed by atoms with Gasteiger partial charge >= 0.3 is 0 Å². The minimum atomic E-state index is -1.83. The maximum atomic E-state index is 11.0. The number of nitrogens with zero attached hydrogens (tertiary/aromatic N) is 6. The molecular formula is C58H60N6O6. The predicted octanol–water partition coefficient (Wildman–Crippen LogP) is 12.7. The molecule has 0 aliphatic carbocycles. The van der Waals surface area contributed by atoms with Crippen molar-refractivity contribution in [3.63, 3.8) is 0 Å². The molecule has 358 valence electrons. The van der Waals surface area contributed by atoms with Gasteiger partial charge in [-0.05, 0) is 37.1 Å². The predicted molar refractivity (Wildman–Crippen MR) is 274 cm³/mol. The molecule has 8 aromatic rings. The van der Waals surface area contributed by atoms with Crippen molar-refractivity contribution in [2.75, 3.05) is 13.2 Å². The van der Waals surface area contributed by atoms with E-state index in [0.717, 1.165) is 67.2 Å². The second kappa shape index (κ2) is 24.7. The van der Waals surface area contributed by atoms with Crippen LogP contribution in [0.1, 0.15) is 83.5 Å². The van der Waals surface area contributed by atoms with Gasteiger partial charge in [0.1, 0.15) is 23.0 Å². The summed E-state index contributed by atoms with van der Waals surface area (Å²) in [6, 6.07) is 48.9. The van der Waals surface area contributed by atoms with Crippen molar-refractivity contribution in [2.24, 2.45) is 0 Å². The highest BCUT2D eigenvalue weighted by Gasteiger charge is 2.23. The van der Waals surface area contributed by atoms with Gasteiger partial charge in [0.05, 0.1) is 24.3 Å². The zero-order valence-electron chi connectivity index (χ0n) is 39.4. The molecule has 4 N–H and O–H groups in total. The van der Waals surface area contributed by atoms with E-state index in [1.54, 1.807) is 24.3 Å². The zero-order valence-corrected chi connectivity index (χ0v) is 39.4. The van der Waals surface area contributed by atoms with Crippen LogP contribution < -0.4 is 9.47 Å². The molecule has 8 rings (SSSR count). The Hall–Kier alpha value is -7.54. The van der Waals surface area contributed by atoms with Gasteiger partial charge in [0.25, 0.3) is 0 Å². The number of rotatable bonds is 25. The maximum absolute atomic E-state index is 11.0. The number of ether oxygens (including phenoxy) is 2. The van der Waals surface area contributed by atoms with Crippen molar-refractivity contribution in [2.45, 2.75) is 89.3 Å². The molecule has 2 heterocycles. The number of unbranched alkanes of at least 4 members (excludes halogenated alkanes) is 10. The Morgan fingerprint density at radius 3 is 1.00 bits per heavy atom. The topological polar surface area (TPSA) is 177 Å². The molecule has 0 atom stereocenters. The molecule has 0 fully saturated rings. The first-order valence-electron chi connectivity index (χ1n) is 24.4. The summed E-state index contributed by atoms with van der Waals surface area (Å²) in [5.41, 5.74) is 4.33. The molecule has 0 unspecified atom stereocenters. The third-order valence-electron chi connectivity index (χ3n) is 12.1. The molecule has 70 heavy (non-hydrogen) atoms. The van der Waals surface area contributed by atoms with E-state index < -0.39 is 5.79 Å². The van der Waals surface area contributed by atoms with Gasteiger partial charge in [0, 0.05) is 47.2 Å². The van der Waals surface area contributed by atoms with Crippen LogP contribution in [0.15, 0.2) is 158 Å². The highest BCUT2D eigenvalue weighted by atomic mass is 16.5. The Balaban J connectivity index is 0.680. The zero-order chi connectivity index (χ0) is 48.4. The smallest absolute Gasteiger partial charge is 0.167 e. The number of phenolic OH excluding ortho intramolecular Hbond substituents is 2. The lowest BCUT2D eigenvalue weighted by molar-refractivity contribution is -0.174. The van der Waals surface area contributed by atoms with Gasteiger partial charge in [0.15, 0.2) is 40.7 Å². The van der Waals surface area contributed by atoms with Crippen molar-refractivity contribution in [1.29, 1.82) is 0 Å². The van der Waals surface area contributed by atoms with E-state index in [0.29, 0.717) is 64.2 Å². The van der Waals surface area contributed by atoms with Gasteiger partial charge in [-0.3, -0.25) is 0 Å². The monoisotopic (exact) mass is 936 g/mol. The van der Waals surface area contributed by atoms with E-state index in [9.17, 15) is 20.4 Å². The molecule has 0 bridgehead atoms. The number of hydrogen-bond donors (Lipinski definition) is 4. The molecule has 0 aliphatic heterocycles. The number of hydrogen-bond acceptors (Lipinski definition) is 12. The second-order valence-electron chi connectivity index (χ2n) is 17.5. The van der Waals surface area contributed by atoms with Crippen LogP contribution in [0.4, 0.5) is 0 Å². The summed E-state index contributed by atoms with van der Waals surface area (Å²) < 4.78 is 11.8. The van der Waals surface area contributed by atoms with E-state index in [1.807, 2.05) is 127 Å². The number of aliphatic hydroxyl groups is 2. The van der Waals surface area contributed by atoms with Crippen LogP contribution >= 0.6 is 0 Å². The summed E-state index contributed by atoms with van der Waals surface area (Å²) >= 11 is 0. The molecule has 0 radical (unpaired) electrons. The van der Waals surface area contributed by atoms with E-state index in [2.05, 4.69) is 9.97 Å². The first-order valence-corrected chi connectivity index (χ1v) is 24.4. The lowest BCUT2D eigenvalue weighted by Gasteiger charge is -2.22. The summed E-state index contributed by atoms with van der Waals surface area (Å²) in [7, 11) is 0. The molecule has 6 aromatic carbocycles. The number of phenols is 2. The van der Waals surface area contributed by atoms with Gasteiger partial charge in [-0.25, -0.2) is 29.9 Å². The van der Waals surface area contributed by atoms with Crippen molar-refractivity contribution >= 4 is 0 Å². The molecule has 12 nitrogen and oxygen atoms in total. The summed E-state index contributed by atoms with van der Waals surface area (Å²) in [4.78, 5) is 28.3. The largest absolute Gasteiger partial charge is 0.507 e. The summed E-state index contributed by atoms with van der Waals surface area (Å²) in [6.07, 6.45) is 12.1. The highest BCUT2D eigenvalue weighted by molar-refractivity contribution is 5.72. The fourth-order valence-electron chi connectivity index (χ4n) is 8.19. The van der Waals surface area contributed by atoms with Crippen molar-refractivity contribution in [3.8, 4) is 91.3 Å². The quantitative estimate of drug-likeness (QED) is 0.0315. The van der Waals surface area contributed by atoms with Crippen molar-refractivity contribution in [3.05, 3.63) is 158 Å². The standard InChI is InChI=1S/C58H60N6O6/c65-50-40-46(32-34-48(50)56-61-52(42-24-14-10-15-25-42)59-53(62-56)43-26-16-11-17-27-43)69-38-23-9-7-5-3-1-2-4-6-8-22-36-58(67,68)37-39-70-47-33-35-49(51(66)41-47)57-63-54(44-28-18-12-19-29-44)60-55(64-57)45-30-20-13-21-31-45/h10-21,24-35,40-41,65-68H,1-9,22-23,36-39H2. The highest BCUT2D eigenvalue weighted by Crippen LogP contribution is 2.35.